The first-order chi connectivity index (χ1) is 20.8. The van der Waals surface area contributed by atoms with Crippen LogP contribution in [0.4, 0.5) is 27.1 Å². The van der Waals surface area contributed by atoms with Crippen LogP contribution in [0.15, 0.2) is 103 Å². The first kappa shape index (κ1) is 27.8. The van der Waals surface area contributed by atoms with Crippen molar-refractivity contribution < 1.29 is 18.8 Å². The summed E-state index contributed by atoms with van der Waals surface area (Å²) >= 11 is 0. The summed E-state index contributed by atoms with van der Waals surface area (Å²) in [5, 5.41) is 7.72. The number of hydrogen-bond donors (Lipinski definition) is 1. The number of aromatic amines is 1. The Bertz CT molecular complexity index is 1810. The van der Waals surface area contributed by atoms with Gasteiger partial charge in [0.25, 0.3) is 0 Å². The number of H-pyrrole nitrogens is 1. The van der Waals surface area contributed by atoms with Gasteiger partial charge < -0.3 is 9.80 Å². The molecule has 0 fully saturated rings. The molecule has 1 aliphatic heterocycles. The molecule has 1 aliphatic rings. The second kappa shape index (κ2) is 11.5. The van der Waals surface area contributed by atoms with Crippen LogP contribution in [0.25, 0.3) is 10.9 Å². The summed E-state index contributed by atoms with van der Waals surface area (Å²) in [6, 6.07) is 29.6. The molecule has 1 N–H and O–H groups in total. The Balaban J connectivity index is 1.46. The summed E-state index contributed by atoms with van der Waals surface area (Å²) in [4.78, 5) is 47.5. The van der Waals surface area contributed by atoms with Crippen molar-refractivity contribution in [1.29, 1.82) is 0 Å². The Morgan fingerprint density at radius 1 is 0.884 bits per heavy atom. The van der Waals surface area contributed by atoms with Crippen LogP contribution in [0.2, 0.25) is 0 Å². The molecule has 216 valence electrons. The maximum absolute atomic E-state index is 14.5. The number of anilines is 4. The van der Waals surface area contributed by atoms with E-state index in [9.17, 15) is 18.8 Å². The molecule has 5 aromatic rings. The number of para-hydroxylation sites is 4. The van der Waals surface area contributed by atoms with Crippen LogP contribution in [0.5, 0.6) is 0 Å². The molecule has 1 aromatic heterocycles. The molecular weight excluding hydrogens is 545 g/mol. The number of benzene rings is 4. The Labute approximate surface area is 248 Å². The monoisotopic (exact) mass is 575 g/mol. The van der Waals surface area contributed by atoms with Crippen LogP contribution in [0.3, 0.4) is 0 Å². The van der Waals surface area contributed by atoms with Crippen molar-refractivity contribution in [2.24, 2.45) is 5.92 Å². The van der Waals surface area contributed by atoms with Crippen molar-refractivity contribution >= 4 is 51.4 Å². The first-order valence-electron chi connectivity index (χ1n) is 14.1. The smallest absolute Gasteiger partial charge is 0.247 e. The van der Waals surface area contributed by atoms with Crippen LogP contribution < -0.4 is 14.7 Å². The van der Waals surface area contributed by atoms with Crippen molar-refractivity contribution in [3.8, 4) is 0 Å². The van der Waals surface area contributed by atoms with Crippen molar-refractivity contribution in [2.45, 2.75) is 26.3 Å². The van der Waals surface area contributed by atoms with Gasteiger partial charge >= 0.3 is 0 Å². The number of nitrogens with zero attached hydrogens (tertiary/aromatic N) is 4. The lowest BCUT2D eigenvalue weighted by Crippen LogP contribution is -2.48. The van der Waals surface area contributed by atoms with Crippen LogP contribution in [-0.2, 0) is 20.8 Å². The number of fused-ring (bicyclic) bond motifs is 2. The molecule has 0 aliphatic carbocycles. The van der Waals surface area contributed by atoms with Gasteiger partial charge in [-0.15, -0.1) is 0 Å². The minimum absolute atomic E-state index is 0.0195. The van der Waals surface area contributed by atoms with Crippen molar-refractivity contribution in [1.82, 2.24) is 10.2 Å². The Morgan fingerprint density at radius 2 is 1.53 bits per heavy atom. The lowest BCUT2D eigenvalue weighted by Gasteiger charge is -2.31. The first-order valence-corrected chi connectivity index (χ1v) is 14.1. The van der Waals surface area contributed by atoms with E-state index in [0.29, 0.717) is 39.3 Å². The molecule has 0 saturated carbocycles. The summed E-state index contributed by atoms with van der Waals surface area (Å²) < 4.78 is 13.9. The third kappa shape index (κ3) is 5.25. The molecule has 9 heteroatoms. The molecule has 0 bridgehead atoms. The highest BCUT2D eigenvalue weighted by atomic mass is 19.1. The van der Waals surface area contributed by atoms with E-state index in [1.807, 2.05) is 62.4 Å². The van der Waals surface area contributed by atoms with E-state index in [-0.39, 0.29) is 24.9 Å². The van der Waals surface area contributed by atoms with Crippen LogP contribution >= 0.6 is 0 Å². The molecule has 2 heterocycles. The molecule has 3 amide bonds. The lowest BCUT2D eigenvalue weighted by molar-refractivity contribution is -0.132. The van der Waals surface area contributed by atoms with Crippen LogP contribution in [0.1, 0.15) is 19.5 Å². The van der Waals surface area contributed by atoms with Crippen molar-refractivity contribution in [2.75, 3.05) is 21.2 Å². The summed E-state index contributed by atoms with van der Waals surface area (Å²) in [6.45, 7) is 3.56. The maximum atomic E-state index is 14.5. The molecule has 0 saturated heterocycles. The van der Waals surface area contributed by atoms with Crippen molar-refractivity contribution in [3.05, 3.63) is 115 Å². The fourth-order valence-electron chi connectivity index (χ4n) is 5.68. The van der Waals surface area contributed by atoms with E-state index in [4.69, 9.17) is 0 Å². The standard InChI is InChI=1S/C34H30FN5O3/c1-22(2)39(24-11-5-3-6-12-24)32(41)21-38-30-15-9-10-16-31(30)40(25-13-7-4-8-14-25)34(43)27(33(38)42)20-29-26-18-17-23(35)19-28(26)36-37-29/h3-19,22,27H,20-21H2,1-2H3,(H,36,37). The van der Waals surface area contributed by atoms with Gasteiger partial charge in [-0.3, -0.25) is 24.4 Å². The molecule has 1 unspecified atom stereocenters. The Morgan fingerprint density at radius 3 is 2.23 bits per heavy atom. The van der Waals surface area contributed by atoms with Gasteiger partial charge in [0.2, 0.25) is 17.7 Å². The summed E-state index contributed by atoms with van der Waals surface area (Å²) in [6.07, 6.45) is -0.0195. The summed E-state index contributed by atoms with van der Waals surface area (Å²) in [7, 11) is 0. The molecule has 0 spiro atoms. The van der Waals surface area contributed by atoms with E-state index in [0.717, 1.165) is 0 Å². The second-order valence-electron chi connectivity index (χ2n) is 10.7. The highest BCUT2D eigenvalue weighted by molar-refractivity contribution is 6.21. The van der Waals surface area contributed by atoms with Crippen LogP contribution in [-0.4, -0.2) is 40.5 Å². The van der Waals surface area contributed by atoms with E-state index >= 15 is 0 Å². The normalized spacial score (nSPS) is 15.1. The van der Waals surface area contributed by atoms with E-state index in [1.165, 1.54) is 21.9 Å². The number of carbonyl (C=O) groups is 3. The third-order valence-corrected chi connectivity index (χ3v) is 7.63. The predicted octanol–water partition coefficient (Wildman–Crippen LogP) is 6.01. The van der Waals surface area contributed by atoms with Gasteiger partial charge in [-0.25, -0.2) is 4.39 Å². The van der Waals surface area contributed by atoms with E-state index in [2.05, 4.69) is 10.2 Å². The van der Waals surface area contributed by atoms with E-state index < -0.39 is 23.5 Å². The van der Waals surface area contributed by atoms with Crippen molar-refractivity contribution in [3.63, 3.8) is 0 Å². The minimum atomic E-state index is -1.20. The molecule has 4 aromatic carbocycles. The predicted molar refractivity (Wildman–Crippen MR) is 165 cm³/mol. The zero-order valence-corrected chi connectivity index (χ0v) is 23.8. The SMILES string of the molecule is CC(C)N(C(=O)CN1C(=O)C(Cc2[nH]nc3cc(F)ccc23)C(=O)N(c2ccccc2)c2ccccc21)c1ccccc1. The Hall–Kier alpha value is -5.31. The van der Waals surface area contributed by atoms with Gasteiger partial charge in [0.15, 0.2) is 0 Å². The molecule has 1 atom stereocenters. The molecular formula is C34H30FN5O3. The average Bonchev–Trinajstić information content (AvgIpc) is 3.38. The van der Waals surface area contributed by atoms with Crippen LogP contribution in [0, 0.1) is 11.7 Å². The Kier molecular flexibility index (Phi) is 7.46. The number of hydrogen-bond acceptors (Lipinski definition) is 4. The topological polar surface area (TPSA) is 89.6 Å². The zero-order valence-electron chi connectivity index (χ0n) is 23.8. The van der Waals surface area contributed by atoms with Gasteiger partial charge in [-0.1, -0.05) is 48.5 Å². The average molecular weight is 576 g/mol. The second-order valence-corrected chi connectivity index (χ2v) is 10.7. The lowest BCUT2D eigenvalue weighted by atomic mass is 9.97. The van der Waals surface area contributed by atoms with E-state index in [1.54, 1.807) is 47.4 Å². The maximum Gasteiger partial charge on any atom is 0.247 e. The van der Waals surface area contributed by atoms with Gasteiger partial charge in [-0.2, -0.15) is 5.10 Å². The largest absolute Gasteiger partial charge is 0.308 e. The number of aromatic nitrogens is 2. The van der Waals surface area contributed by atoms with Gasteiger partial charge in [0, 0.05) is 41.0 Å². The molecule has 8 nitrogen and oxygen atoms in total. The minimum Gasteiger partial charge on any atom is -0.308 e. The fraction of sp³-hybridized carbons (Fsp3) is 0.176. The molecule has 43 heavy (non-hydrogen) atoms. The highest BCUT2D eigenvalue weighted by Gasteiger charge is 2.42. The third-order valence-electron chi connectivity index (χ3n) is 7.63. The summed E-state index contributed by atoms with van der Waals surface area (Å²) in [5.41, 5.74) is 3.18. The number of rotatable bonds is 7. The quantitative estimate of drug-likeness (QED) is 0.241. The number of halogens is 1. The molecule has 0 radical (unpaired) electrons. The number of carbonyl (C=O) groups excluding carboxylic acids is 3. The van der Waals surface area contributed by atoms with Gasteiger partial charge in [0.05, 0.1) is 16.9 Å². The fourth-order valence-corrected chi connectivity index (χ4v) is 5.68. The number of amides is 3. The zero-order chi connectivity index (χ0) is 30.1. The highest BCUT2D eigenvalue weighted by Crippen LogP contribution is 2.40. The molecule has 6 rings (SSSR count). The van der Waals surface area contributed by atoms with Gasteiger partial charge in [0.1, 0.15) is 18.3 Å². The van der Waals surface area contributed by atoms with Gasteiger partial charge in [-0.05, 0) is 62.4 Å². The number of nitrogens with one attached hydrogen (secondary N) is 1. The summed E-state index contributed by atoms with van der Waals surface area (Å²) in [5.74, 6) is -2.86.